The zero-order chi connectivity index (χ0) is 55.2. The van der Waals surface area contributed by atoms with Gasteiger partial charge in [0, 0.05) is 63.5 Å². The summed E-state index contributed by atoms with van der Waals surface area (Å²) in [6.45, 7) is 31.4. The average molecular weight is 1080 g/mol. The molecule has 2 atom stereocenters. The molecule has 438 valence electrons. The molecule has 0 saturated carbocycles. The van der Waals surface area contributed by atoms with Crippen molar-refractivity contribution in [2.24, 2.45) is 23.7 Å². The van der Waals surface area contributed by atoms with E-state index < -0.39 is 17.2 Å². The fraction of sp³-hybridized carbons (Fsp3) is 0.515. The lowest BCUT2D eigenvalue weighted by atomic mass is 9.98. The molecule has 0 aliphatic carbocycles. The summed E-state index contributed by atoms with van der Waals surface area (Å²) in [5.41, 5.74) is 3.73. The van der Waals surface area contributed by atoms with Gasteiger partial charge in [-0.25, -0.2) is 0 Å². The number of piperazine rings is 2. The smallest absolute Gasteiger partial charge is 0.203 e. The van der Waals surface area contributed by atoms with Crippen molar-refractivity contribution in [1.29, 1.82) is 0 Å². The van der Waals surface area contributed by atoms with Gasteiger partial charge < -0.3 is 50.8 Å². The number of ether oxygens (including phenoxy) is 3. The molecule has 5 aromatic rings. The van der Waals surface area contributed by atoms with Gasteiger partial charge in [-0.05, 0) is 78.5 Å². The summed E-state index contributed by atoms with van der Waals surface area (Å²) in [6.07, 6.45) is 8.30. The molecule has 5 aromatic carbocycles. The average Bonchev–Trinajstić information content (AvgIpc) is 3.44. The molecule has 78 heavy (non-hydrogen) atoms. The van der Waals surface area contributed by atoms with E-state index in [4.69, 9.17) is 29.5 Å². The van der Waals surface area contributed by atoms with Crippen LogP contribution < -0.4 is 35.5 Å². The van der Waals surface area contributed by atoms with Crippen LogP contribution in [0.25, 0.3) is 0 Å². The number of rotatable bonds is 19. The molecular weight excluding hydrogens is 977 g/mol. The largest absolute Gasteiger partial charge is 0.504 e. The van der Waals surface area contributed by atoms with E-state index >= 15 is 0 Å². The molecule has 2 aliphatic rings. The van der Waals surface area contributed by atoms with Crippen LogP contribution in [0.2, 0.25) is 0 Å². The molecule has 7 rings (SSSR count). The van der Waals surface area contributed by atoms with Crippen LogP contribution in [0.15, 0.2) is 115 Å². The molecule has 2 heterocycles. The maximum atomic E-state index is 12.2. The summed E-state index contributed by atoms with van der Waals surface area (Å²) in [5, 5.41) is 39.7. The molecule has 0 amide bonds. The Morgan fingerprint density at radius 3 is 0.987 bits per heavy atom. The first-order valence-electron chi connectivity index (χ1n) is 27.3. The predicted molar refractivity (Wildman–Crippen MR) is 329 cm³/mol. The second kappa shape index (κ2) is 45.0. The third kappa shape index (κ3) is 34.1. The van der Waals surface area contributed by atoms with E-state index in [1.54, 1.807) is 12.1 Å². The third-order valence-electron chi connectivity index (χ3n) is 12.4. The first kappa shape index (κ1) is 74.2. The third-order valence-corrected chi connectivity index (χ3v) is 12.4. The Bertz CT molecular complexity index is 2110. The second-order valence-corrected chi connectivity index (χ2v) is 20.1. The summed E-state index contributed by atoms with van der Waals surface area (Å²) in [7, 11) is 0. The van der Waals surface area contributed by atoms with Crippen molar-refractivity contribution in [2.45, 2.75) is 150 Å². The summed E-state index contributed by atoms with van der Waals surface area (Å²) in [5.74, 6) is 3.12. The highest BCUT2D eigenvalue weighted by atomic mass is 16.5. The maximum absolute atomic E-state index is 12.2. The Morgan fingerprint density at radius 2 is 0.731 bits per heavy atom. The SMILES string of the molecule is C.C.C.C1CNCCN1.C1CNCCN1.CC(=O)c1cc(O)c(O)c(O)c1.CC(=O)c1cc(OCc2ccccc2)c(OCc2ccccc2)c(OCc2ccccc2)c1.CCC(C)CCC(C)C.CCC(C)CCC(C)C. The van der Waals surface area contributed by atoms with E-state index in [0.29, 0.717) is 42.6 Å². The van der Waals surface area contributed by atoms with Gasteiger partial charge in [-0.3, -0.25) is 9.59 Å². The van der Waals surface area contributed by atoms with E-state index in [1.807, 2.05) is 91.0 Å². The van der Waals surface area contributed by atoms with Crippen molar-refractivity contribution in [3.63, 3.8) is 0 Å². The van der Waals surface area contributed by atoms with E-state index in [1.165, 1.54) is 52.4 Å². The molecule has 0 aromatic heterocycles. The Balaban J connectivity index is 0. The fourth-order valence-electron chi connectivity index (χ4n) is 7.00. The number of phenols is 3. The minimum absolute atomic E-state index is 0. The summed E-state index contributed by atoms with van der Waals surface area (Å²) >= 11 is 0. The standard InChI is InChI=1S/C29H26O4.2C9H20.C8H8O4.2C4H10N2.3CH4/c1-22(30)26-17-27(31-19-23-11-5-2-6-12-23)29(33-21-25-15-9-4-10-16-25)28(18-26)32-20-24-13-7-3-8-14-24;2*1-5-9(4)7-6-8(2)3;1-4(9)5-2-6(10)8(12)7(11)3-5;2*1-2-6-4-3-5-1;;;/h2-18H,19-21H2,1H3;2*8-9H,5-7H2,1-4H3;2-3,10-12H,1H3;2*5-6H,1-4H2;3*1H4. The lowest BCUT2D eigenvalue weighted by Gasteiger charge is -2.18. The number of ketones is 2. The Morgan fingerprint density at radius 1 is 0.449 bits per heavy atom. The number of aromatic hydroxyl groups is 3. The van der Waals surface area contributed by atoms with E-state index in [9.17, 15) is 9.59 Å². The normalized spacial score (nSPS) is 12.9. The molecule has 0 bridgehead atoms. The Hall–Kier alpha value is -5.92. The van der Waals surface area contributed by atoms with Gasteiger partial charge in [0.1, 0.15) is 19.8 Å². The van der Waals surface area contributed by atoms with Crippen LogP contribution in [0, 0.1) is 23.7 Å². The van der Waals surface area contributed by atoms with E-state index in [-0.39, 0.29) is 39.4 Å². The van der Waals surface area contributed by atoms with Crippen LogP contribution in [-0.2, 0) is 19.8 Å². The summed E-state index contributed by atoms with van der Waals surface area (Å²) in [6, 6.07) is 35.3. The molecule has 0 radical (unpaired) electrons. The van der Waals surface area contributed by atoms with Gasteiger partial charge in [-0.1, -0.05) is 207 Å². The molecule has 12 heteroatoms. The number of benzene rings is 5. The molecule has 2 fully saturated rings. The number of carbonyl (C=O) groups is 2. The monoisotopic (exact) mass is 1080 g/mol. The van der Waals surface area contributed by atoms with Gasteiger partial charge >= 0.3 is 0 Å². The summed E-state index contributed by atoms with van der Waals surface area (Å²) < 4.78 is 18.5. The quantitative estimate of drug-likeness (QED) is 0.0309. The molecule has 2 unspecified atom stereocenters. The van der Waals surface area contributed by atoms with Crippen LogP contribution in [0.4, 0.5) is 0 Å². The van der Waals surface area contributed by atoms with Gasteiger partial charge in [0.25, 0.3) is 0 Å². The van der Waals surface area contributed by atoms with Crippen molar-refractivity contribution in [2.75, 3.05) is 52.4 Å². The van der Waals surface area contributed by atoms with E-state index in [0.717, 1.165) is 105 Å². The zero-order valence-corrected chi connectivity index (χ0v) is 47.2. The number of phenolic OH excluding ortho intramolecular Hbond substituents is 3. The van der Waals surface area contributed by atoms with Crippen molar-refractivity contribution in [1.82, 2.24) is 21.3 Å². The highest BCUT2D eigenvalue weighted by Gasteiger charge is 2.19. The van der Waals surface area contributed by atoms with Crippen molar-refractivity contribution >= 4 is 11.6 Å². The lowest BCUT2D eigenvalue weighted by molar-refractivity contribution is 0.100. The first-order chi connectivity index (χ1) is 36.0. The minimum Gasteiger partial charge on any atom is -0.504 e. The zero-order valence-electron chi connectivity index (χ0n) is 47.2. The van der Waals surface area contributed by atoms with E-state index in [2.05, 4.69) is 76.7 Å². The predicted octanol–water partition coefficient (Wildman–Crippen LogP) is 14.8. The van der Waals surface area contributed by atoms with Crippen molar-refractivity contribution < 1.29 is 39.1 Å². The molecule has 2 aliphatic heterocycles. The second-order valence-electron chi connectivity index (χ2n) is 20.1. The first-order valence-corrected chi connectivity index (χ1v) is 27.3. The van der Waals surface area contributed by atoms with Gasteiger partial charge in [0.15, 0.2) is 40.3 Å². The Kier molecular flexibility index (Phi) is 42.8. The van der Waals surface area contributed by atoms with Crippen LogP contribution in [0.5, 0.6) is 34.5 Å². The number of nitrogens with one attached hydrogen (secondary N) is 4. The number of carbonyl (C=O) groups excluding carboxylic acids is 2. The van der Waals surface area contributed by atoms with Crippen molar-refractivity contribution in [3.05, 3.63) is 143 Å². The van der Waals surface area contributed by atoms with Crippen LogP contribution >= 0.6 is 0 Å². The summed E-state index contributed by atoms with van der Waals surface area (Å²) in [4.78, 5) is 23.0. The van der Waals surface area contributed by atoms with Gasteiger partial charge in [-0.2, -0.15) is 0 Å². The van der Waals surface area contributed by atoms with Gasteiger partial charge in [0.2, 0.25) is 5.75 Å². The fourth-order valence-corrected chi connectivity index (χ4v) is 7.00. The van der Waals surface area contributed by atoms with Crippen molar-refractivity contribution in [3.8, 4) is 34.5 Å². The molecular formula is C66H106N4O8. The highest BCUT2D eigenvalue weighted by Crippen LogP contribution is 2.41. The number of hydrogen-bond donors (Lipinski definition) is 7. The topological polar surface area (TPSA) is 171 Å². The lowest BCUT2D eigenvalue weighted by Crippen LogP contribution is -2.39. The van der Waals surface area contributed by atoms with Crippen LogP contribution in [0.3, 0.4) is 0 Å². The molecule has 2 saturated heterocycles. The maximum Gasteiger partial charge on any atom is 0.203 e. The number of hydrogen-bond acceptors (Lipinski definition) is 12. The number of Topliss-reactive ketones (excluding diaryl/α,β-unsaturated/α-hetero) is 2. The van der Waals surface area contributed by atoms with Gasteiger partial charge in [0.05, 0.1) is 0 Å². The Labute approximate surface area is 473 Å². The van der Waals surface area contributed by atoms with Crippen LogP contribution in [0.1, 0.15) is 167 Å². The minimum atomic E-state index is -0.611. The van der Waals surface area contributed by atoms with Gasteiger partial charge in [-0.15, -0.1) is 0 Å². The molecule has 12 nitrogen and oxygen atoms in total. The molecule has 0 spiro atoms. The molecule has 7 N–H and O–H groups in total. The highest BCUT2D eigenvalue weighted by molar-refractivity contribution is 5.96. The van der Waals surface area contributed by atoms with Crippen LogP contribution in [-0.4, -0.2) is 79.2 Å².